The zero-order valence-electron chi connectivity index (χ0n) is 16.6. The van der Waals surface area contributed by atoms with Gasteiger partial charge >= 0.3 is 6.01 Å². The van der Waals surface area contributed by atoms with Gasteiger partial charge in [-0.3, -0.25) is 4.90 Å². The van der Waals surface area contributed by atoms with Crippen LogP contribution in [0.15, 0.2) is 0 Å². The van der Waals surface area contributed by atoms with Crippen LogP contribution in [0, 0.1) is 25.7 Å². The Morgan fingerprint density at radius 3 is 2.70 bits per heavy atom. The Bertz CT molecular complexity index is 716. The van der Waals surface area contributed by atoms with Gasteiger partial charge in [0.2, 0.25) is 0 Å². The molecule has 0 radical (unpaired) electrons. The number of aryl methyl sites for hydroxylation is 1. The van der Waals surface area contributed by atoms with Crippen LogP contribution in [0.25, 0.3) is 0 Å². The Balaban J connectivity index is 1.35. The Hall–Kier alpha value is -1.43. The fourth-order valence-corrected chi connectivity index (χ4v) is 5.99. The maximum Gasteiger partial charge on any atom is 0.318 e. The first-order valence-corrected chi connectivity index (χ1v) is 10.6. The van der Waals surface area contributed by atoms with Gasteiger partial charge in [0.15, 0.2) is 0 Å². The molecule has 148 valence electrons. The third-order valence-corrected chi connectivity index (χ3v) is 7.48. The molecule has 27 heavy (non-hydrogen) atoms. The van der Waals surface area contributed by atoms with E-state index in [1.807, 2.05) is 6.92 Å². The molecule has 4 heterocycles. The number of anilines is 1. The van der Waals surface area contributed by atoms with Crippen molar-refractivity contribution in [3.05, 3.63) is 11.3 Å². The third kappa shape index (κ3) is 3.10. The maximum atomic E-state index is 14.0. The Morgan fingerprint density at radius 1 is 1.15 bits per heavy atom. The highest BCUT2D eigenvalue weighted by Gasteiger charge is 2.49. The summed E-state index contributed by atoms with van der Waals surface area (Å²) in [5, 5.41) is 0. The molecular weight excluding hydrogens is 343 g/mol. The molecule has 0 N–H and O–H groups in total. The van der Waals surface area contributed by atoms with Crippen LogP contribution in [0.2, 0.25) is 0 Å². The summed E-state index contributed by atoms with van der Waals surface area (Å²) in [6, 6.07) is 0.467. The van der Waals surface area contributed by atoms with Gasteiger partial charge in [0, 0.05) is 37.3 Å². The van der Waals surface area contributed by atoms with Crippen molar-refractivity contribution in [1.82, 2.24) is 14.9 Å². The van der Waals surface area contributed by atoms with Gasteiger partial charge in [0.25, 0.3) is 0 Å². The summed E-state index contributed by atoms with van der Waals surface area (Å²) in [6.07, 6.45) is 6.10. The van der Waals surface area contributed by atoms with Gasteiger partial charge in [-0.25, -0.2) is 9.37 Å². The highest BCUT2D eigenvalue weighted by atomic mass is 19.1. The lowest BCUT2D eigenvalue weighted by Gasteiger charge is -2.34. The number of hydrogen-bond acceptors (Lipinski definition) is 5. The third-order valence-electron chi connectivity index (χ3n) is 7.48. The number of nitrogens with zero attached hydrogens (tertiary/aromatic N) is 4. The van der Waals surface area contributed by atoms with E-state index in [9.17, 15) is 4.39 Å². The van der Waals surface area contributed by atoms with Crippen molar-refractivity contribution in [1.29, 1.82) is 0 Å². The van der Waals surface area contributed by atoms with E-state index in [1.54, 1.807) is 0 Å². The number of fused-ring (bicyclic) bond motifs is 3. The highest BCUT2D eigenvalue weighted by molar-refractivity contribution is 5.49. The second-order valence-corrected chi connectivity index (χ2v) is 9.35. The molecule has 3 aliphatic heterocycles. The minimum absolute atomic E-state index is 0.147. The molecule has 5 nitrogen and oxygen atoms in total. The van der Waals surface area contributed by atoms with Gasteiger partial charge in [-0.05, 0) is 64.3 Å². The number of piperidine rings is 1. The molecule has 0 unspecified atom stereocenters. The number of halogens is 1. The average molecular weight is 375 g/mol. The highest BCUT2D eigenvalue weighted by Crippen LogP contribution is 2.41. The Kier molecular flexibility index (Phi) is 4.30. The summed E-state index contributed by atoms with van der Waals surface area (Å²) in [6.45, 7) is 8.41. The van der Waals surface area contributed by atoms with Crippen LogP contribution >= 0.6 is 0 Å². The van der Waals surface area contributed by atoms with Crippen LogP contribution < -0.4 is 9.64 Å². The fraction of sp³-hybridized carbons (Fsp3) is 0.810. The number of ether oxygens (including phenoxy) is 1. The van der Waals surface area contributed by atoms with Gasteiger partial charge in [0.1, 0.15) is 18.6 Å². The van der Waals surface area contributed by atoms with Crippen LogP contribution in [-0.4, -0.2) is 59.4 Å². The lowest BCUT2D eigenvalue weighted by molar-refractivity contribution is 0.107. The van der Waals surface area contributed by atoms with Crippen molar-refractivity contribution in [2.75, 3.05) is 37.7 Å². The van der Waals surface area contributed by atoms with Gasteiger partial charge < -0.3 is 9.64 Å². The number of alkyl halides is 1. The predicted molar refractivity (Wildman–Crippen MR) is 103 cm³/mol. The van der Waals surface area contributed by atoms with Gasteiger partial charge in [-0.15, -0.1) is 0 Å². The molecule has 1 aromatic heterocycles. The minimum atomic E-state index is -0.728. The minimum Gasteiger partial charge on any atom is -0.461 e. The van der Waals surface area contributed by atoms with E-state index in [-0.39, 0.29) is 5.54 Å². The van der Waals surface area contributed by atoms with E-state index < -0.39 is 6.17 Å². The molecule has 0 spiro atoms. The maximum absolute atomic E-state index is 14.0. The Labute approximate surface area is 161 Å². The number of hydrogen-bond donors (Lipinski definition) is 0. The molecule has 4 fully saturated rings. The fourth-order valence-electron chi connectivity index (χ4n) is 5.99. The zero-order valence-corrected chi connectivity index (χ0v) is 16.6. The smallest absolute Gasteiger partial charge is 0.318 e. The second kappa shape index (κ2) is 6.57. The Morgan fingerprint density at radius 2 is 1.93 bits per heavy atom. The molecule has 6 heteroatoms. The van der Waals surface area contributed by atoms with Gasteiger partial charge in [-0.1, -0.05) is 0 Å². The quantitative estimate of drug-likeness (QED) is 0.809. The molecule has 1 aliphatic carbocycles. The van der Waals surface area contributed by atoms with Crippen LogP contribution in [0.5, 0.6) is 6.01 Å². The number of aromatic nitrogens is 2. The van der Waals surface area contributed by atoms with E-state index in [0.717, 1.165) is 61.4 Å². The molecule has 0 aromatic carbocycles. The summed E-state index contributed by atoms with van der Waals surface area (Å²) in [4.78, 5) is 14.2. The summed E-state index contributed by atoms with van der Waals surface area (Å²) < 4.78 is 20.1. The predicted octanol–water partition coefficient (Wildman–Crippen LogP) is 3.28. The lowest BCUT2D eigenvalue weighted by atomic mass is 9.95. The van der Waals surface area contributed by atoms with E-state index in [2.05, 4.69) is 21.7 Å². The zero-order chi connectivity index (χ0) is 18.6. The molecule has 5 rings (SSSR count). The molecule has 4 aliphatic rings. The van der Waals surface area contributed by atoms with Crippen LogP contribution in [-0.2, 0) is 0 Å². The first-order valence-electron chi connectivity index (χ1n) is 10.6. The van der Waals surface area contributed by atoms with Gasteiger partial charge in [-0.2, -0.15) is 4.98 Å². The van der Waals surface area contributed by atoms with E-state index in [4.69, 9.17) is 9.72 Å². The second-order valence-electron chi connectivity index (χ2n) is 9.35. The van der Waals surface area contributed by atoms with Crippen LogP contribution in [0.3, 0.4) is 0 Å². The first kappa shape index (κ1) is 17.7. The van der Waals surface area contributed by atoms with E-state index in [1.165, 1.54) is 19.3 Å². The first-order chi connectivity index (χ1) is 13.0. The van der Waals surface area contributed by atoms with Crippen molar-refractivity contribution in [3.63, 3.8) is 0 Å². The number of rotatable bonds is 4. The summed E-state index contributed by atoms with van der Waals surface area (Å²) in [7, 11) is 0. The van der Waals surface area contributed by atoms with Crippen molar-refractivity contribution in [3.8, 4) is 6.01 Å². The molecule has 0 amide bonds. The van der Waals surface area contributed by atoms with Crippen LogP contribution in [0.1, 0.15) is 49.8 Å². The van der Waals surface area contributed by atoms with E-state index in [0.29, 0.717) is 25.6 Å². The summed E-state index contributed by atoms with van der Waals surface area (Å²) >= 11 is 0. The summed E-state index contributed by atoms with van der Waals surface area (Å²) in [5.74, 6) is 2.67. The SMILES string of the molecule is Cc1nc(OC[C@@]23CCCN2C[C@H](F)C3)nc(N2C[C@@H]3CC[C@@H](C3)C2)c1C. The lowest BCUT2D eigenvalue weighted by Crippen LogP contribution is -2.43. The molecule has 4 atom stereocenters. The molecule has 1 aromatic rings. The standard InChI is InChI=1S/C21H31FN4O/c1-14-15(2)23-20(24-19(14)25-10-16-4-5-17(8-16)11-25)27-13-21-6-3-7-26(21)12-18(22)9-21/h16-18H,3-13H2,1-2H3/t16-,17+,18-,21+/m1/s1. The molecule has 1 saturated carbocycles. The molecular formula is C21H31FN4O. The van der Waals surface area contributed by atoms with Crippen molar-refractivity contribution in [2.24, 2.45) is 11.8 Å². The summed E-state index contributed by atoms with van der Waals surface area (Å²) in [5.41, 5.74) is 2.00. The largest absolute Gasteiger partial charge is 0.461 e. The molecule has 2 bridgehead atoms. The monoisotopic (exact) mass is 374 g/mol. The topological polar surface area (TPSA) is 41.5 Å². The normalized spacial score (nSPS) is 35.7. The van der Waals surface area contributed by atoms with Crippen molar-refractivity contribution >= 4 is 5.82 Å². The van der Waals surface area contributed by atoms with Crippen LogP contribution in [0.4, 0.5) is 10.2 Å². The molecule has 3 saturated heterocycles. The van der Waals surface area contributed by atoms with Crippen molar-refractivity contribution in [2.45, 2.75) is 64.1 Å². The average Bonchev–Trinajstić information content (AvgIpc) is 3.27. The van der Waals surface area contributed by atoms with Gasteiger partial charge in [0.05, 0.1) is 5.54 Å². The van der Waals surface area contributed by atoms with Crippen molar-refractivity contribution < 1.29 is 9.13 Å². The van der Waals surface area contributed by atoms with E-state index >= 15 is 0 Å².